The zero-order valence-corrected chi connectivity index (χ0v) is 13.3. The number of furan rings is 1. The average molecular weight is 320 g/mol. The monoisotopic (exact) mass is 320 g/mol. The van der Waals surface area contributed by atoms with Gasteiger partial charge in [-0.2, -0.15) is 0 Å². The normalized spacial score (nSPS) is 12.0. The van der Waals surface area contributed by atoms with Gasteiger partial charge in [0.2, 0.25) is 0 Å². The van der Waals surface area contributed by atoms with Crippen molar-refractivity contribution in [1.82, 2.24) is 10.2 Å². The molecule has 2 rings (SSSR count). The number of carbonyl (C=O) groups excluding carboxylic acids is 1. The van der Waals surface area contributed by atoms with Crippen LogP contribution in [0.2, 0.25) is 0 Å². The van der Waals surface area contributed by atoms with E-state index in [1.807, 2.05) is 24.3 Å². The number of carbonyl (C=O) groups is 2. The summed E-state index contributed by atoms with van der Waals surface area (Å²) < 4.78 is 11.0. The first-order valence-corrected chi connectivity index (χ1v) is 7.20. The van der Waals surface area contributed by atoms with Crippen LogP contribution in [0.5, 0.6) is 5.75 Å². The van der Waals surface area contributed by atoms with Gasteiger partial charge in [0, 0.05) is 13.6 Å². The van der Waals surface area contributed by atoms with Crippen LogP contribution in [-0.4, -0.2) is 42.7 Å². The van der Waals surface area contributed by atoms with E-state index in [-0.39, 0.29) is 19.1 Å². The summed E-state index contributed by atoms with van der Waals surface area (Å²) in [5.41, 5.74) is 0.682. The second kappa shape index (κ2) is 7.04. The Morgan fingerprint density at radius 2 is 2.09 bits per heavy atom. The van der Waals surface area contributed by atoms with Gasteiger partial charge < -0.3 is 24.5 Å². The summed E-state index contributed by atoms with van der Waals surface area (Å²) in [5.74, 6) is -0.473. The fourth-order valence-corrected chi connectivity index (χ4v) is 2.28. The Labute approximate surface area is 133 Å². The van der Waals surface area contributed by atoms with Crippen LogP contribution >= 0.6 is 0 Å². The van der Waals surface area contributed by atoms with Crippen LogP contribution in [0.3, 0.4) is 0 Å². The topological polar surface area (TPSA) is 92.0 Å². The number of ether oxygens (including phenoxy) is 1. The molecule has 0 fully saturated rings. The highest BCUT2D eigenvalue weighted by molar-refractivity contribution is 5.85. The third kappa shape index (κ3) is 3.74. The molecule has 0 bridgehead atoms. The Hall–Kier alpha value is -2.70. The fraction of sp³-hybridized carbons (Fsp3) is 0.375. The van der Waals surface area contributed by atoms with Gasteiger partial charge in [-0.3, -0.25) is 4.79 Å². The van der Waals surface area contributed by atoms with Crippen LogP contribution in [0, 0.1) is 5.92 Å². The molecule has 1 unspecified atom stereocenters. The number of amides is 2. The molecule has 0 spiro atoms. The second-order valence-electron chi connectivity index (χ2n) is 5.33. The highest BCUT2D eigenvalue weighted by atomic mass is 16.5. The van der Waals surface area contributed by atoms with Crippen molar-refractivity contribution in [1.29, 1.82) is 0 Å². The number of nitrogens with zero attached hydrogens (tertiary/aromatic N) is 1. The van der Waals surface area contributed by atoms with E-state index in [2.05, 4.69) is 5.32 Å². The predicted octanol–water partition coefficient (Wildman–Crippen LogP) is 2.30. The lowest BCUT2D eigenvalue weighted by Gasteiger charge is -2.19. The van der Waals surface area contributed by atoms with Crippen LogP contribution in [0.4, 0.5) is 4.79 Å². The van der Waals surface area contributed by atoms with Gasteiger partial charge in [-0.05, 0) is 12.1 Å². The molecular formula is C16H20N2O5. The molecule has 124 valence electrons. The summed E-state index contributed by atoms with van der Waals surface area (Å²) in [7, 11) is 3.09. The van der Waals surface area contributed by atoms with Gasteiger partial charge in [0.25, 0.3) is 0 Å². The van der Waals surface area contributed by atoms with Crippen LogP contribution in [0.25, 0.3) is 11.0 Å². The Morgan fingerprint density at radius 3 is 2.74 bits per heavy atom. The molecule has 0 radical (unpaired) electrons. The lowest BCUT2D eigenvalue weighted by atomic mass is 10.2. The van der Waals surface area contributed by atoms with Crippen molar-refractivity contribution >= 4 is 23.0 Å². The largest absolute Gasteiger partial charge is 0.492 e. The first-order valence-electron chi connectivity index (χ1n) is 7.20. The Kier molecular flexibility index (Phi) is 5.10. The standard InChI is InChI=1S/C16H20N2O5/c1-10(15(19)20)9-18(2)16(21)17-8-13-14(22-3)11-6-4-5-7-12(11)23-13/h4-7,10H,8-9H2,1-3H3,(H,17,21)(H,19,20). The molecule has 2 amide bonds. The molecule has 1 atom stereocenters. The summed E-state index contributed by atoms with van der Waals surface area (Å²) in [4.78, 5) is 24.2. The molecule has 0 aliphatic carbocycles. The molecule has 7 heteroatoms. The molecule has 2 N–H and O–H groups in total. The number of nitrogens with one attached hydrogen (secondary N) is 1. The van der Waals surface area contributed by atoms with Crippen molar-refractivity contribution in [3.63, 3.8) is 0 Å². The number of methoxy groups -OCH3 is 1. The summed E-state index contributed by atoms with van der Waals surface area (Å²) in [6.45, 7) is 1.83. The van der Waals surface area contributed by atoms with Crippen molar-refractivity contribution < 1.29 is 23.8 Å². The SMILES string of the molecule is COc1c(CNC(=O)N(C)CC(C)C(=O)O)oc2ccccc12. The van der Waals surface area contributed by atoms with Crippen molar-refractivity contribution in [3.8, 4) is 5.75 Å². The van der Waals surface area contributed by atoms with Gasteiger partial charge in [-0.15, -0.1) is 0 Å². The number of carboxylic acid groups (broad SMARTS) is 1. The fourth-order valence-electron chi connectivity index (χ4n) is 2.28. The van der Waals surface area contributed by atoms with E-state index in [1.165, 1.54) is 4.90 Å². The highest BCUT2D eigenvalue weighted by Gasteiger charge is 2.19. The number of fused-ring (bicyclic) bond motifs is 1. The Bertz CT molecular complexity index is 710. The van der Waals surface area contributed by atoms with E-state index >= 15 is 0 Å². The average Bonchev–Trinajstić information content (AvgIpc) is 2.89. The van der Waals surface area contributed by atoms with Gasteiger partial charge in [-0.25, -0.2) is 4.79 Å². The summed E-state index contributed by atoms with van der Waals surface area (Å²) in [6.07, 6.45) is 0. The maximum atomic E-state index is 12.0. The molecule has 0 saturated carbocycles. The van der Waals surface area contributed by atoms with E-state index in [0.29, 0.717) is 17.1 Å². The van der Waals surface area contributed by atoms with Crippen LogP contribution < -0.4 is 10.1 Å². The van der Waals surface area contributed by atoms with Gasteiger partial charge in [0.15, 0.2) is 11.5 Å². The van der Waals surface area contributed by atoms with E-state index in [4.69, 9.17) is 14.3 Å². The van der Waals surface area contributed by atoms with Crippen LogP contribution in [0.15, 0.2) is 28.7 Å². The van der Waals surface area contributed by atoms with Gasteiger partial charge in [0.05, 0.1) is 25.0 Å². The quantitative estimate of drug-likeness (QED) is 0.852. The third-order valence-corrected chi connectivity index (χ3v) is 3.54. The zero-order valence-electron chi connectivity index (χ0n) is 13.3. The van der Waals surface area contributed by atoms with E-state index in [0.717, 1.165) is 5.39 Å². The molecule has 1 heterocycles. The van der Waals surface area contributed by atoms with Crippen LogP contribution in [0.1, 0.15) is 12.7 Å². The van der Waals surface area contributed by atoms with Gasteiger partial charge >= 0.3 is 12.0 Å². The molecule has 0 aliphatic heterocycles. The number of benzene rings is 1. The van der Waals surface area contributed by atoms with Crippen molar-refractivity contribution in [3.05, 3.63) is 30.0 Å². The van der Waals surface area contributed by atoms with Crippen molar-refractivity contribution in [2.45, 2.75) is 13.5 Å². The summed E-state index contributed by atoms with van der Waals surface area (Å²) in [5, 5.41) is 12.4. The summed E-state index contributed by atoms with van der Waals surface area (Å²) in [6, 6.07) is 7.06. The number of aliphatic carboxylic acids is 1. The van der Waals surface area contributed by atoms with E-state index in [1.54, 1.807) is 21.1 Å². The van der Waals surface area contributed by atoms with Crippen LogP contribution in [-0.2, 0) is 11.3 Å². The smallest absolute Gasteiger partial charge is 0.317 e. The molecule has 1 aromatic carbocycles. The number of rotatable bonds is 6. The molecular weight excluding hydrogens is 300 g/mol. The lowest BCUT2D eigenvalue weighted by molar-refractivity contribution is -0.141. The Morgan fingerprint density at radius 1 is 1.39 bits per heavy atom. The molecule has 2 aromatic rings. The molecule has 7 nitrogen and oxygen atoms in total. The molecule has 0 saturated heterocycles. The number of para-hydroxylation sites is 1. The minimum Gasteiger partial charge on any atom is -0.492 e. The van der Waals surface area contributed by atoms with Gasteiger partial charge in [0.1, 0.15) is 5.58 Å². The summed E-state index contributed by atoms with van der Waals surface area (Å²) >= 11 is 0. The van der Waals surface area contributed by atoms with Crippen molar-refractivity contribution in [2.24, 2.45) is 5.92 Å². The van der Waals surface area contributed by atoms with E-state index in [9.17, 15) is 9.59 Å². The first-order chi connectivity index (χ1) is 10.9. The first kappa shape index (κ1) is 16.7. The zero-order chi connectivity index (χ0) is 17.0. The number of hydrogen-bond acceptors (Lipinski definition) is 4. The second-order valence-corrected chi connectivity index (χ2v) is 5.33. The predicted molar refractivity (Wildman–Crippen MR) is 84.4 cm³/mol. The maximum absolute atomic E-state index is 12.0. The minimum absolute atomic E-state index is 0.123. The Balaban J connectivity index is 2.03. The molecule has 0 aliphatic rings. The molecule has 1 aromatic heterocycles. The number of urea groups is 1. The number of hydrogen-bond donors (Lipinski definition) is 2. The molecule has 23 heavy (non-hydrogen) atoms. The number of carboxylic acids is 1. The lowest BCUT2D eigenvalue weighted by Crippen LogP contribution is -2.40. The minimum atomic E-state index is -0.941. The van der Waals surface area contributed by atoms with Crippen molar-refractivity contribution in [2.75, 3.05) is 20.7 Å². The highest BCUT2D eigenvalue weighted by Crippen LogP contribution is 2.32. The maximum Gasteiger partial charge on any atom is 0.317 e. The third-order valence-electron chi connectivity index (χ3n) is 3.54. The van der Waals surface area contributed by atoms with Gasteiger partial charge in [-0.1, -0.05) is 19.1 Å². The van der Waals surface area contributed by atoms with E-state index < -0.39 is 11.9 Å².